The predicted octanol–water partition coefficient (Wildman–Crippen LogP) is 4.16. The number of hydrogen-bond acceptors (Lipinski definition) is 4. The van der Waals surface area contributed by atoms with Gasteiger partial charge in [0.25, 0.3) is 0 Å². The molecule has 0 atom stereocenters. The van der Waals surface area contributed by atoms with Crippen molar-refractivity contribution in [1.82, 2.24) is 9.55 Å². The molecule has 6 heteroatoms. The van der Waals surface area contributed by atoms with Crippen LogP contribution in [-0.2, 0) is 5.54 Å². The molecule has 6 rings (SSSR count). The number of aromatic hydroxyl groups is 2. The molecular weight excluding hydrogens is 335 g/mol. The normalized spacial score (nSPS) is 24.0. The standard InChI is InChI=1S/C20H19FN2O3/c1-26-15-8-12(16(21)18(25)17(15)24)19-22-13-4-2-3-5-14(13)23(19)20-7-6-11(9-20)10-20/h2-5,8,11,24-25H,6-7,9-10H2,1H3. The van der Waals surface area contributed by atoms with Crippen LogP contribution in [-0.4, -0.2) is 26.9 Å². The van der Waals surface area contributed by atoms with Gasteiger partial charge in [0.2, 0.25) is 5.75 Å². The first-order valence-electron chi connectivity index (χ1n) is 8.81. The van der Waals surface area contributed by atoms with Gasteiger partial charge in [-0.1, -0.05) is 12.1 Å². The van der Waals surface area contributed by atoms with Crippen molar-refractivity contribution >= 4 is 11.0 Å². The fraction of sp³-hybridized carbons (Fsp3) is 0.350. The lowest BCUT2D eigenvalue weighted by Gasteiger charge is -2.41. The fourth-order valence-corrected chi connectivity index (χ4v) is 4.81. The van der Waals surface area contributed by atoms with Crippen LogP contribution in [0.5, 0.6) is 17.2 Å². The number of phenolic OH excluding ortho intramolecular Hbond substituents is 2. The van der Waals surface area contributed by atoms with Gasteiger partial charge in [-0.15, -0.1) is 0 Å². The van der Waals surface area contributed by atoms with Crippen molar-refractivity contribution in [2.75, 3.05) is 7.11 Å². The first-order valence-corrected chi connectivity index (χ1v) is 8.81. The molecule has 1 heterocycles. The smallest absolute Gasteiger partial charge is 0.203 e. The van der Waals surface area contributed by atoms with Gasteiger partial charge in [0.1, 0.15) is 5.82 Å². The van der Waals surface area contributed by atoms with Crippen molar-refractivity contribution in [1.29, 1.82) is 0 Å². The van der Waals surface area contributed by atoms with E-state index in [1.54, 1.807) is 0 Å². The zero-order valence-corrected chi connectivity index (χ0v) is 14.4. The third-order valence-corrected chi connectivity index (χ3v) is 6.03. The lowest BCUT2D eigenvalue weighted by molar-refractivity contribution is 0.159. The number of fused-ring (bicyclic) bond motifs is 2. The van der Waals surface area contributed by atoms with Gasteiger partial charge in [0, 0.05) is 5.54 Å². The van der Waals surface area contributed by atoms with E-state index in [9.17, 15) is 14.6 Å². The first kappa shape index (κ1) is 15.5. The Bertz CT molecular complexity index is 1030. The molecule has 3 aromatic rings. The Morgan fingerprint density at radius 3 is 2.69 bits per heavy atom. The first-order chi connectivity index (χ1) is 12.5. The highest BCUT2D eigenvalue weighted by Crippen LogP contribution is 2.59. The molecule has 0 aliphatic heterocycles. The van der Waals surface area contributed by atoms with Crippen molar-refractivity contribution in [2.45, 2.75) is 31.2 Å². The summed E-state index contributed by atoms with van der Waals surface area (Å²) in [5, 5.41) is 19.9. The maximum absolute atomic E-state index is 14.9. The Morgan fingerprint density at radius 2 is 2.00 bits per heavy atom. The highest BCUT2D eigenvalue weighted by molar-refractivity contribution is 5.82. The number of ether oxygens (including phenoxy) is 1. The largest absolute Gasteiger partial charge is 0.502 e. The average Bonchev–Trinajstić information content (AvgIpc) is 3.31. The summed E-state index contributed by atoms with van der Waals surface area (Å²) in [6, 6.07) is 9.18. The van der Waals surface area contributed by atoms with Crippen molar-refractivity contribution in [3.05, 3.63) is 36.1 Å². The molecule has 26 heavy (non-hydrogen) atoms. The van der Waals surface area contributed by atoms with Crippen LogP contribution in [0.4, 0.5) is 4.39 Å². The second-order valence-electron chi connectivity index (χ2n) is 7.43. The number of aromatic nitrogens is 2. The minimum atomic E-state index is -0.884. The number of nitrogens with zero attached hydrogens (tertiary/aromatic N) is 2. The summed E-state index contributed by atoms with van der Waals surface area (Å²) in [6.45, 7) is 0. The van der Waals surface area contributed by atoms with E-state index < -0.39 is 17.3 Å². The Kier molecular flexibility index (Phi) is 3.05. The zero-order chi connectivity index (χ0) is 18.1. The van der Waals surface area contributed by atoms with E-state index in [1.165, 1.54) is 19.6 Å². The Labute approximate surface area is 149 Å². The Morgan fingerprint density at radius 1 is 1.23 bits per heavy atom. The van der Waals surface area contributed by atoms with E-state index >= 15 is 0 Å². The maximum atomic E-state index is 14.9. The molecule has 0 unspecified atom stereocenters. The molecule has 0 amide bonds. The zero-order valence-electron chi connectivity index (χ0n) is 14.4. The van der Waals surface area contributed by atoms with E-state index in [-0.39, 0.29) is 16.9 Å². The van der Waals surface area contributed by atoms with Crippen molar-refractivity contribution in [3.63, 3.8) is 0 Å². The minimum Gasteiger partial charge on any atom is -0.502 e. The number of halogens is 1. The number of phenols is 2. The molecule has 5 nitrogen and oxygen atoms in total. The molecular formula is C20H19FN2O3. The summed E-state index contributed by atoms with van der Waals surface area (Å²) in [6.07, 6.45) is 4.37. The van der Waals surface area contributed by atoms with Crippen LogP contribution < -0.4 is 4.74 Å². The van der Waals surface area contributed by atoms with Gasteiger partial charge >= 0.3 is 0 Å². The third kappa shape index (κ3) is 1.87. The van der Waals surface area contributed by atoms with Gasteiger partial charge in [0.05, 0.1) is 23.7 Å². The summed E-state index contributed by atoms with van der Waals surface area (Å²) in [5.74, 6) is -1.07. The van der Waals surface area contributed by atoms with E-state index in [0.29, 0.717) is 5.82 Å². The highest BCUT2D eigenvalue weighted by atomic mass is 19.1. The maximum Gasteiger partial charge on any atom is 0.203 e. The van der Waals surface area contributed by atoms with Crippen molar-refractivity contribution in [2.24, 2.45) is 5.92 Å². The summed E-state index contributed by atoms with van der Waals surface area (Å²) < 4.78 is 22.1. The van der Waals surface area contributed by atoms with Crippen LogP contribution in [0.15, 0.2) is 30.3 Å². The SMILES string of the molecule is COc1cc(-c2nc3ccccc3n2C23CCC(C2)C3)c(F)c(O)c1O. The molecule has 0 spiro atoms. The van der Waals surface area contributed by atoms with E-state index in [1.807, 2.05) is 24.3 Å². The second-order valence-corrected chi connectivity index (χ2v) is 7.43. The topological polar surface area (TPSA) is 67.5 Å². The molecule has 3 saturated carbocycles. The number of hydrogen-bond donors (Lipinski definition) is 2. The number of para-hydroxylation sites is 2. The number of imidazole rings is 1. The van der Waals surface area contributed by atoms with Gasteiger partial charge < -0.3 is 19.5 Å². The molecule has 0 saturated heterocycles. The minimum absolute atomic E-state index is 0.0212. The van der Waals surface area contributed by atoms with Gasteiger partial charge in [-0.3, -0.25) is 0 Å². The number of benzene rings is 2. The van der Waals surface area contributed by atoms with Crippen LogP contribution in [0.1, 0.15) is 25.7 Å². The lowest BCUT2D eigenvalue weighted by Crippen LogP contribution is -2.39. The molecule has 1 aromatic heterocycles. The Balaban J connectivity index is 1.82. The van der Waals surface area contributed by atoms with Crippen molar-refractivity contribution < 1.29 is 19.3 Å². The van der Waals surface area contributed by atoms with Crippen LogP contribution in [0, 0.1) is 11.7 Å². The molecule has 2 bridgehead atoms. The third-order valence-electron chi connectivity index (χ3n) is 6.03. The molecule has 3 fully saturated rings. The van der Waals surface area contributed by atoms with Gasteiger partial charge in [-0.05, 0) is 49.8 Å². The van der Waals surface area contributed by atoms with Gasteiger partial charge in [0.15, 0.2) is 17.3 Å². The quantitative estimate of drug-likeness (QED) is 0.693. The summed E-state index contributed by atoms with van der Waals surface area (Å²) in [5.41, 5.74) is 1.86. The average molecular weight is 354 g/mol. The van der Waals surface area contributed by atoms with Gasteiger partial charge in [-0.25, -0.2) is 9.37 Å². The van der Waals surface area contributed by atoms with Crippen LogP contribution >= 0.6 is 0 Å². The van der Waals surface area contributed by atoms with Crippen LogP contribution in [0.2, 0.25) is 0 Å². The van der Waals surface area contributed by atoms with Crippen LogP contribution in [0.25, 0.3) is 22.4 Å². The fourth-order valence-electron chi connectivity index (χ4n) is 4.81. The summed E-state index contributed by atoms with van der Waals surface area (Å²) in [4.78, 5) is 4.68. The summed E-state index contributed by atoms with van der Waals surface area (Å²) in [7, 11) is 1.37. The van der Waals surface area contributed by atoms with E-state index in [0.717, 1.165) is 36.2 Å². The summed E-state index contributed by atoms with van der Waals surface area (Å²) >= 11 is 0. The predicted molar refractivity (Wildman–Crippen MR) is 94.9 cm³/mol. The molecule has 2 aromatic carbocycles. The van der Waals surface area contributed by atoms with E-state index in [4.69, 9.17) is 4.74 Å². The molecule has 0 radical (unpaired) electrons. The number of rotatable bonds is 3. The highest BCUT2D eigenvalue weighted by Gasteiger charge is 2.53. The molecule has 3 aliphatic carbocycles. The van der Waals surface area contributed by atoms with Gasteiger partial charge in [-0.2, -0.15) is 0 Å². The molecule has 134 valence electrons. The monoisotopic (exact) mass is 354 g/mol. The second kappa shape index (κ2) is 5.13. The van der Waals surface area contributed by atoms with Crippen molar-refractivity contribution in [3.8, 4) is 28.6 Å². The van der Waals surface area contributed by atoms with Crippen LogP contribution in [0.3, 0.4) is 0 Å². The van der Waals surface area contributed by atoms with E-state index in [2.05, 4.69) is 9.55 Å². The molecule has 2 N–H and O–H groups in total. The Hall–Kier alpha value is -2.76. The number of methoxy groups -OCH3 is 1. The lowest BCUT2D eigenvalue weighted by atomic mass is 9.76. The molecule has 3 aliphatic rings.